The van der Waals surface area contributed by atoms with Gasteiger partial charge in [-0.05, 0) is 31.5 Å². The molecule has 148 valence electrons. The fourth-order valence-electron chi connectivity index (χ4n) is 2.66. The second kappa shape index (κ2) is 11.5. The van der Waals surface area contributed by atoms with Crippen LogP contribution in [0.15, 0.2) is 70.3 Å². The summed E-state index contributed by atoms with van der Waals surface area (Å²) in [6, 6.07) is 18.4. The molecule has 28 heavy (non-hydrogen) atoms. The summed E-state index contributed by atoms with van der Waals surface area (Å²) in [7, 11) is 0. The summed E-state index contributed by atoms with van der Waals surface area (Å²) in [6.07, 6.45) is 2.50. The topological polar surface area (TPSA) is 62.5 Å². The highest BCUT2D eigenvalue weighted by Crippen LogP contribution is 2.19. The third-order valence-electron chi connectivity index (χ3n) is 4.13. The van der Waals surface area contributed by atoms with Crippen molar-refractivity contribution in [3.05, 3.63) is 77.7 Å². The minimum absolute atomic E-state index is 0. The number of oxazole rings is 1. The molecule has 0 aliphatic carbocycles. The minimum Gasteiger partial charge on any atom is -0.444 e. The zero-order chi connectivity index (χ0) is 18.9. The fraction of sp³-hybridized carbons (Fsp3) is 0.273. The zero-order valence-corrected chi connectivity index (χ0v) is 18.6. The predicted molar refractivity (Wildman–Crippen MR) is 125 cm³/mol. The molecule has 0 atom stereocenters. The SMILES string of the molecule is CCNC(=NCc1ccccc1)NCCc1coc(-c2ccc(C)cc2)n1.I. The average molecular weight is 490 g/mol. The lowest BCUT2D eigenvalue weighted by Gasteiger charge is -2.10. The Morgan fingerprint density at radius 3 is 2.50 bits per heavy atom. The van der Waals surface area contributed by atoms with Crippen LogP contribution in [0.4, 0.5) is 0 Å². The number of aliphatic imine (C=N–C) groups is 1. The van der Waals surface area contributed by atoms with E-state index in [1.807, 2.05) is 30.3 Å². The number of hydrogen-bond donors (Lipinski definition) is 2. The smallest absolute Gasteiger partial charge is 0.226 e. The molecule has 5 nitrogen and oxygen atoms in total. The zero-order valence-electron chi connectivity index (χ0n) is 16.3. The van der Waals surface area contributed by atoms with Crippen LogP contribution in [0, 0.1) is 6.92 Å². The van der Waals surface area contributed by atoms with E-state index in [1.165, 1.54) is 11.1 Å². The summed E-state index contributed by atoms with van der Waals surface area (Å²) in [6.45, 7) is 6.34. The van der Waals surface area contributed by atoms with Gasteiger partial charge in [-0.1, -0.05) is 48.0 Å². The summed E-state index contributed by atoms with van der Waals surface area (Å²) in [4.78, 5) is 9.21. The molecular weight excluding hydrogens is 463 g/mol. The molecule has 0 amide bonds. The van der Waals surface area contributed by atoms with E-state index in [0.29, 0.717) is 12.4 Å². The highest BCUT2D eigenvalue weighted by atomic mass is 127. The molecule has 2 aromatic carbocycles. The summed E-state index contributed by atoms with van der Waals surface area (Å²) in [5.41, 5.74) is 4.34. The molecule has 3 rings (SSSR count). The van der Waals surface area contributed by atoms with Crippen molar-refractivity contribution < 1.29 is 4.42 Å². The van der Waals surface area contributed by atoms with Gasteiger partial charge in [0, 0.05) is 25.1 Å². The normalized spacial score (nSPS) is 11.0. The molecule has 1 heterocycles. The highest BCUT2D eigenvalue weighted by molar-refractivity contribution is 14.0. The largest absolute Gasteiger partial charge is 0.444 e. The maximum Gasteiger partial charge on any atom is 0.226 e. The van der Waals surface area contributed by atoms with E-state index in [1.54, 1.807) is 6.26 Å². The summed E-state index contributed by atoms with van der Waals surface area (Å²) in [5.74, 6) is 1.47. The summed E-state index contributed by atoms with van der Waals surface area (Å²) in [5, 5.41) is 6.62. The minimum atomic E-state index is 0. The fourth-order valence-corrected chi connectivity index (χ4v) is 2.66. The number of guanidine groups is 1. The molecular formula is C22H27IN4O. The van der Waals surface area contributed by atoms with Crippen molar-refractivity contribution >= 4 is 29.9 Å². The molecule has 0 radical (unpaired) electrons. The van der Waals surface area contributed by atoms with Gasteiger partial charge in [0.1, 0.15) is 6.26 Å². The monoisotopic (exact) mass is 490 g/mol. The Bertz CT molecular complexity index is 860. The molecule has 0 saturated carbocycles. The lowest BCUT2D eigenvalue weighted by Crippen LogP contribution is -2.38. The third-order valence-corrected chi connectivity index (χ3v) is 4.13. The highest BCUT2D eigenvalue weighted by Gasteiger charge is 2.07. The van der Waals surface area contributed by atoms with Gasteiger partial charge < -0.3 is 15.1 Å². The Labute approximate surface area is 183 Å². The van der Waals surface area contributed by atoms with Crippen LogP contribution in [0.5, 0.6) is 0 Å². The van der Waals surface area contributed by atoms with Crippen LogP contribution in [0.25, 0.3) is 11.5 Å². The standard InChI is InChI=1S/C22H26N4O.HI/c1-3-23-22(25-15-18-7-5-4-6-8-18)24-14-13-20-16-27-21(26-20)19-11-9-17(2)10-12-19;/h4-12,16H,3,13-15H2,1-2H3,(H2,23,24,25);1H. The van der Waals surface area contributed by atoms with Gasteiger partial charge >= 0.3 is 0 Å². The van der Waals surface area contributed by atoms with Crippen LogP contribution in [0.2, 0.25) is 0 Å². The number of aromatic nitrogens is 1. The number of aryl methyl sites for hydroxylation is 1. The van der Waals surface area contributed by atoms with Gasteiger partial charge in [0.15, 0.2) is 5.96 Å². The number of benzene rings is 2. The van der Waals surface area contributed by atoms with E-state index in [-0.39, 0.29) is 24.0 Å². The van der Waals surface area contributed by atoms with Crippen molar-refractivity contribution in [1.82, 2.24) is 15.6 Å². The number of hydrogen-bond acceptors (Lipinski definition) is 3. The molecule has 0 fully saturated rings. The second-order valence-corrected chi connectivity index (χ2v) is 6.37. The van der Waals surface area contributed by atoms with E-state index in [9.17, 15) is 0 Å². The van der Waals surface area contributed by atoms with Gasteiger partial charge in [-0.3, -0.25) is 0 Å². The molecule has 1 aromatic heterocycles. The van der Waals surface area contributed by atoms with Crippen molar-refractivity contribution in [2.24, 2.45) is 4.99 Å². The van der Waals surface area contributed by atoms with Crippen molar-refractivity contribution in [2.75, 3.05) is 13.1 Å². The third kappa shape index (κ3) is 6.67. The summed E-state index contributed by atoms with van der Waals surface area (Å²) < 4.78 is 5.62. The Morgan fingerprint density at radius 1 is 1.04 bits per heavy atom. The van der Waals surface area contributed by atoms with Crippen molar-refractivity contribution in [1.29, 1.82) is 0 Å². The van der Waals surface area contributed by atoms with Crippen LogP contribution in [-0.4, -0.2) is 24.0 Å². The van der Waals surface area contributed by atoms with Gasteiger partial charge in [0.2, 0.25) is 5.89 Å². The van der Waals surface area contributed by atoms with Crippen LogP contribution in [-0.2, 0) is 13.0 Å². The Morgan fingerprint density at radius 2 is 1.79 bits per heavy atom. The molecule has 0 saturated heterocycles. The molecule has 0 bridgehead atoms. The van der Waals surface area contributed by atoms with Crippen LogP contribution in [0.1, 0.15) is 23.7 Å². The van der Waals surface area contributed by atoms with Gasteiger partial charge in [0.25, 0.3) is 0 Å². The summed E-state index contributed by atoms with van der Waals surface area (Å²) >= 11 is 0. The quantitative estimate of drug-likeness (QED) is 0.290. The maximum absolute atomic E-state index is 5.62. The number of rotatable bonds is 7. The lowest BCUT2D eigenvalue weighted by atomic mass is 10.1. The van der Waals surface area contributed by atoms with Crippen LogP contribution in [0.3, 0.4) is 0 Å². The molecule has 0 aliphatic heterocycles. The average Bonchev–Trinajstić information content (AvgIpc) is 3.16. The maximum atomic E-state index is 5.62. The van der Waals surface area contributed by atoms with Crippen molar-refractivity contribution in [2.45, 2.75) is 26.8 Å². The molecule has 6 heteroatoms. The van der Waals surface area contributed by atoms with Gasteiger partial charge in [-0.2, -0.15) is 0 Å². The van der Waals surface area contributed by atoms with E-state index in [0.717, 1.165) is 36.7 Å². The van der Waals surface area contributed by atoms with Gasteiger partial charge in [0.05, 0.1) is 12.2 Å². The number of halogens is 1. The van der Waals surface area contributed by atoms with Gasteiger partial charge in [-0.25, -0.2) is 9.98 Å². The number of nitrogens with zero attached hydrogens (tertiary/aromatic N) is 2. The van der Waals surface area contributed by atoms with Crippen molar-refractivity contribution in [3.63, 3.8) is 0 Å². The molecule has 0 aliphatic rings. The van der Waals surface area contributed by atoms with Crippen LogP contribution >= 0.6 is 24.0 Å². The van der Waals surface area contributed by atoms with Crippen LogP contribution < -0.4 is 10.6 Å². The molecule has 0 unspecified atom stereocenters. The van der Waals surface area contributed by atoms with E-state index >= 15 is 0 Å². The first-order valence-corrected chi connectivity index (χ1v) is 9.32. The van der Waals surface area contributed by atoms with Crippen molar-refractivity contribution in [3.8, 4) is 11.5 Å². The van der Waals surface area contributed by atoms with E-state index in [4.69, 9.17) is 4.42 Å². The molecule has 2 N–H and O–H groups in total. The van der Waals surface area contributed by atoms with E-state index in [2.05, 4.69) is 58.7 Å². The Hall–Kier alpha value is -2.35. The van der Waals surface area contributed by atoms with Gasteiger partial charge in [-0.15, -0.1) is 24.0 Å². The Balaban J connectivity index is 0.00000280. The second-order valence-electron chi connectivity index (χ2n) is 6.37. The number of nitrogens with one attached hydrogen (secondary N) is 2. The first-order chi connectivity index (χ1) is 13.2. The lowest BCUT2D eigenvalue weighted by molar-refractivity contribution is 0.572. The molecule has 0 spiro atoms. The molecule has 3 aromatic rings. The van der Waals surface area contributed by atoms with E-state index < -0.39 is 0 Å². The predicted octanol–water partition coefficient (Wildman–Crippen LogP) is 4.57. The first kappa shape index (κ1) is 21.9. The Kier molecular flexibility index (Phi) is 9.00. The first-order valence-electron chi connectivity index (χ1n) is 9.32.